The minimum atomic E-state index is -3.20. The molecule has 0 aliphatic rings. The van der Waals surface area contributed by atoms with Crippen LogP contribution in [0.25, 0.3) is 0 Å². The first-order chi connectivity index (χ1) is 6.79. The fourth-order valence-corrected chi connectivity index (χ4v) is 1.53. The molecule has 4 unspecified atom stereocenters. The molecule has 11 nitrogen and oxygen atoms in total. The number of hydrogen-bond acceptors (Lipinski definition) is 8. The third kappa shape index (κ3) is 20.7. The summed E-state index contributed by atoms with van der Waals surface area (Å²) in [5, 5.41) is 0. The first-order valence-corrected chi connectivity index (χ1v) is 7.76. The van der Waals surface area contributed by atoms with Gasteiger partial charge >= 0.3 is 33.0 Å². The summed E-state index contributed by atoms with van der Waals surface area (Å²) in [6, 6.07) is 0. The van der Waals surface area contributed by atoms with Gasteiger partial charge in [-0.05, 0) is 0 Å². The highest BCUT2D eigenvalue weighted by atomic mass is 31.2. The highest BCUT2D eigenvalue weighted by Crippen LogP contribution is 2.33. The Morgan fingerprint density at radius 2 is 1.13 bits per heavy atom. The summed E-state index contributed by atoms with van der Waals surface area (Å²) in [6.07, 6.45) is 0. The van der Waals surface area contributed by atoms with Gasteiger partial charge in [0.25, 0.3) is 0 Å². The molecule has 0 saturated carbocycles. The highest BCUT2D eigenvalue weighted by molar-refractivity contribution is 7.47. The van der Waals surface area contributed by atoms with E-state index in [1.165, 1.54) is 0 Å². The van der Waals surface area contributed by atoms with E-state index in [9.17, 15) is 18.3 Å². The molecule has 0 aliphatic carbocycles. The zero-order valence-corrected chi connectivity index (χ0v) is 10.8. The first-order valence-electron chi connectivity index (χ1n) is 2.74. The van der Waals surface area contributed by atoms with Crippen LogP contribution in [0.15, 0.2) is 0 Å². The van der Waals surface area contributed by atoms with E-state index >= 15 is 0 Å². The lowest BCUT2D eigenvalue weighted by atomic mass is 13.6. The topological polar surface area (TPSA) is 183 Å². The molecule has 0 aromatic carbocycles. The molecular weight excluding hydrogens is 298 g/mol. The van der Waals surface area contributed by atoms with Crippen LogP contribution in [0.2, 0.25) is 0 Å². The molecule has 0 aliphatic heterocycles. The molecule has 0 aromatic rings. The number of hydrogen-bond donors (Lipinski definition) is 4. The van der Waals surface area contributed by atoms with Crippen LogP contribution in [0.1, 0.15) is 0 Å². The Kier molecular flexibility index (Phi) is 13.4. The molecule has 0 amide bonds. The summed E-state index contributed by atoms with van der Waals surface area (Å²) in [5.41, 5.74) is 0. The fraction of sp³-hybridized carbons (Fsp3) is 0. The Bertz CT molecular complexity index is 246. The van der Waals surface area contributed by atoms with Crippen LogP contribution in [-0.4, -0.2) is 14.7 Å². The molecule has 15 heteroatoms. The molecule has 5 N–H and O–H groups in total. The predicted octanol–water partition coefficient (Wildman–Crippen LogP) is -0.568. The van der Waals surface area contributed by atoms with Gasteiger partial charge in [0.05, 0.1) is 0 Å². The second-order valence-corrected chi connectivity index (χ2v) is 5.33. The van der Waals surface area contributed by atoms with Gasteiger partial charge in [0.1, 0.15) is 0 Å². The van der Waals surface area contributed by atoms with Gasteiger partial charge in [-0.25, -0.2) is 19.1 Å². The smallest absolute Gasteiger partial charge is 0.326 e. The van der Waals surface area contributed by atoms with Crippen molar-refractivity contribution in [1.82, 2.24) is 0 Å². The van der Waals surface area contributed by atoms with Crippen molar-refractivity contribution in [3.05, 3.63) is 0 Å². The SMILES string of the molecule is NO[PH](=O)O[PH](=O)O.O=[PH](O)O[PH](=O)O. The van der Waals surface area contributed by atoms with Crippen molar-refractivity contribution in [2.45, 2.75) is 0 Å². The maximum Gasteiger partial charge on any atom is 0.342 e. The minimum Gasteiger partial charge on any atom is -0.326 e. The lowest BCUT2D eigenvalue weighted by Gasteiger charge is -1.92. The van der Waals surface area contributed by atoms with Gasteiger partial charge in [-0.3, -0.25) is 18.3 Å². The van der Waals surface area contributed by atoms with Crippen molar-refractivity contribution in [1.29, 1.82) is 0 Å². The Morgan fingerprint density at radius 1 is 0.800 bits per heavy atom. The summed E-state index contributed by atoms with van der Waals surface area (Å²) in [6.45, 7) is 0. The Labute approximate surface area is 85.9 Å². The van der Waals surface area contributed by atoms with E-state index in [-0.39, 0.29) is 0 Å². The maximum absolute atomic E-state index is 9.90. The zero-order valence-electron chi connectivity index (χ0n) is 6.78. The van der Waals surface area contributed by atoms with Gasteiger partial charge in [-0.2, -0.15) is 0 Å². The summed E-state index contributed by atoms with van der Waals surface area (Å²) >= 11 is 0. The Morgan fingerprint density at radius 3 is 1.20 bits per heavy atom. The molecule has 0 spiro atoms. The van der Waals surface area contributed by atoms with Gasteiger partial charge in [-0.15, -0.1) is 0 Å². The van der Waals surface area contributed by atoms with Gasteiger partial charge < -0.3 is 14.7 Å². The number of rotatable bonds is 5. The molecule has 0 radical (unpaired) electrons. The van der Waals surface area contributed by atoms with E-state index in [2.05, 4.69) is 19.1 Å². The van der Waals surface area contributed by atoms with Crippen LogP contribution >= 0.6 is 33.0 Å². The van der Waals surface area contributed by atoms with E-state index in [0.717, 1.165) is 0 Å². The molecule has 0 bridgehead atoms. The lowest BCUT2D eigenvalue weighted by molar-refractivity contribution is 0.289. The van der Waals surface area contributed by atoms with Crippen molar-refractivity contribution in [3.8, 4) is 0 Å². The van der Waals surface area contributed by atoms with E-state index in [0.29, 0.717) is 0 Å². The minimum absolute atomic E-state index is 2.92. The third-order valence-corrected chi connectivity index (χ3v) is 3.40. The normalized spacial score (nSPS) is 18.1. The van der Waals surface area contributed by atoms with Crippen molar-refractivity contribution >= 4 is 33.0 Å². The average Bonchev–Trinajstić information content (AvgIpc) is 2.01. The predicted molar refractivity (Wildman–Crippen MR) is 50.1 cm³/mol. The molecular formula is H9NO10P4. The van der Waals surface area contributed by atoms with Crippen LogP contribution in [0, 0.1) is 0 Å². The summed E-state index contributed by atoms with van der Waals surface area (Å²) in [4.78, 5) is 23.3. The molecule has 94 valence electrons. The fourth-order valence-electron chi connectivity index (χ4n) is 0.170. The summed E-state index contributed by atoms with van der Waals surface area (Å²) in [7, 11) is -12.5. The quantitative estimate of drug-likeness (QED) is 0.376. The van der Waals surface area contributed by atoms with Crippen molar-refractivity contribution in [3.63, 3.8) is 0 Å². The maximum atomic E-state index is 9.90. The molecule has 0 aromatic heterocycles. The third-order valence-electron chi connectivity index (χ3n) is 0.441. The second-order valence-electron chi connectivity index (χ2n) is 1.37. The standard InChI is InChI=1S/H5NO5P2.H4O5P2/c1-5-8(4)6-7(2)3;1-6(2)5-7(3)4/h7-8H,1H2,(H,2,3);6-7H,(H,1,2)(H,3,4). The van der Waals surface area contributed by atoms with Crippen LogP contribution in [0.5, 0.6) is 0 Å². The average molecular weight is 307 g/mol. The van der Waals surface area contributed by atoms with E-state index < -0.39 is 33.0 Å². The van der Waals surface area contributed by atoms with Gasteiger partial charge in [0, 0.05) is 0 Å². The number of nitrogens with two attached hydrogens (primary N) is 1. The lowest BCUT2D eigenvalue weighted by Crippen LogP contribution is -1.86. The molecule has 15 heavy (non-hydrogen) atoms. The first kappa shape index (κ1) is 18.0. The Balaban J connectivity index is 0. The molecule has 0 rings (SSSR count). The zero-order chi connectivity index (χ0) is 12.4. The van der Waals surface area contributed by atoms with Crippen molar-refractivity contribution in [2.75, 3.05) is 0 Å². The van der Waals surface area contributed by atoms with E-state index in [1.807, 2.05) is 0 Å². The second kappa shape index (κ2) is 11.1. The van der Waals surface area contributed by atoms with Crippen LogP contribution in [-0.2, 0) is 31.5 Å². The monoisotopic (exact) mass is 307 g/mol. The van der Waals surface area contributed by atoms with Gasteiger partial charge in [0.2, 0.25) is 0 Å². The van der Waals surface area contributed by atoms with Crippen molar-refractivity contribution in [2.24, 2.45) is 5.90 Å². The molecule has 0 saturated heterocycles. The molecule has 4 atom stereocenters. The van der Waals surface area contributed by atoms with Gasteiger partial charge in [-0.1, -0.05) is 0 Å². The van der Waals surface area contributed by atoms with Crippen LogP contribution in [0.3, 0.4) is 0 Å². The Hall–Kier alpha value is 0.640. The molecule has 0 heterocycles. The highest BCUT2D eigenvalue weighted by Gasteiger charge is 1.98. The summed E-state index contributed by atoms with van der Waals surface area (Å²) in [5.74, 6) is 4.29. The van der Waals surface area contributed by atoms with E-state index in [1.54, 1.807) is 0 Å². The molecule has 0 fully saturated rings. The van der Waals surface area contributed by atoms with E-state index in [4.69, 9.17) is 14.7 Å². The largest absolute Gasteiger partial charge is 0.342 e. The van der Waals surface area contributed by atoms with Crippen LogP contribution in [0.4, 0.5) is 0 Å². The summed E-state index contributed by atoms with van der Waals surface area (Å²) < 4.78 is 49.1. The van der Waals surface area contributed by atoms with Gasteiger partial charge in [0.15, 0.2) is 0 Å². The van der Waals surface area contributed by atoms with Crippen molar-refractivity contribution < 1.29 is 46.2 Å². The van der Waals surface area contributed by atoms with Crippen LogP contribution < -0.4 is 5.90 Å².